The van der Waals surface area contributed by atoms with Crippen molar-refractivity contribution in [1.82, 2.24) is 4.98 Å². The van der Waals surface area contributed by atoms with Crippen LogP contribution in [0.4, 0.5) is 0 Å². The second-order valence-electron chi connectivity index (χ2n) is 6.49. The van der Waals surface area contributed by atoms with Gasteiger partial charge < -0.3 is 10.7 Å². The van der Waals surface area contributed by atoms with Crippen LogP contribution in [0.3, 0.4) is 0 Å². The molecular weight excluding hydrogens is 232 g/mol. The molecule has 1 saturated carbocycles. The number of aromatic amines is 1. The summed E-state index contributed by atoms with van der Waals surface area (Å²) in [6.07, 6.45) is 7.63. The van der Waals surface area contributed by atoms with Crippen LogP contribution in [0, 0.1) is 0 Å². The second-order valence-corrected chi connectivity index (χ2v) is 6.49. The van der Waals surface area contributed by atoms with E-state index in [1.807, 2.05) is 0 Å². The zero-order valence-electron chi connectivity index (χ0n) is 11.6. The number of fused-ring (bicyclic) bond motifs is 3. The number of rotatable bonds is 2. The second kappa shape index (κ2) is 3.86. The van der Waals surface area contributed by atoms with Gasteiger partial charge in [0.15, 0.2) is 0 Å². The van der Waals surface area contributed by atoms with Gasteiger partial charge >= 0.3 is 0 Å². The minimum absolute atomic E-state index is 0.264. The molecule has 0 aliphatic heterocycles. The van der Waals surface area contributed by atoms with Crippen molar-refractivity contribution in [2.75, 3.05) is 0 Å². The van der Waals surface area contributed by atoms with Gasteiger partial charge in [0.05, 0.1) is 0 Å². The molecule has 2 aromatic rings. The first-order chi connectivity index (χ1) is 9.21. The molecule has 3 N–H and O–H groups in total. The summed E-state index contributed by atoms with van der Waals surface area (Å²) in [6, 6.07) is 7.25. The number of nitrogens with one attached hydrogen (secondary N) is 1. The average Bonchev–Trinajstić information content (AvgIpc) is 3.15. The minimum atomic E-state index is 0.264. The molecule has 1 heterocycles. The number of nitrogens with two attached hydrogens (primary N) is 1. The number of hydrogen-bond donors (Lipinski definition) is 2. The maximum atomic E-state index is 6.21. The van der Waals surface area contributed by atoms with E-state index in [2.05, 4.69) is 30.1 Å². The van der Waals surface area contributed by atoms with E-state index in [-0.39, 0.29) is 11.5 Å². The fourth-order valence-electron chi connectivity index (χ4n) is 3.86. The third kappa shape index (κ3) is 1.59. The molecule has 19 heavy (non-hydrogen) atoms. The van der Waals surface area contributed by atoms with E-state index in [1.54, 1.807) is 5.56 Å². The van der Waals surface area contributed by atoms with Crippen LogP contribution in [0.5, 0.6) is 0 Å². The van der Waals surface area contributed by atoms with E-state index in [0.29, 0.717) is 0 Å². The van der Waals surface area contributed by atoms with E-state index in [9.17, 15) is 0 Å². The largest absolute Gasteiger partial charge is 0.358 e. The fourth-order valence-corrected chi connectivity index (χ4v) is 3.86. The normalized spacial score (nSPS) is 22.2. The topological polar surface area (TPSA) is 41.8 Å². The van der Waals surface area contributed by atoms with Crippen LogP contribution in [0.1, 0.15) is 49.4 Å². The van der Waals surface area contributed by atoms with Gasteiger partial charge in [0.25, 0.3) is 0 Å². The maximum absolute atomic E-state index is 6.21. The number of aromatic nitrogens is 1. The average molecular weight is 254 g/mol. The maximum Gasteiger partial charge on any atom is 0.0459 e. The van der Waals surface area contributed by atoms with Gasteiger partial charge in [-0.05, 0) is 68.7 Å². The standard InChI is InChI=1S/C17H22N2/c1-11(18)17(8-9-17)12-6-7-16-14(10-12)13-4-2-3-5-15(13)19-16/h6-7,10-11,19H,2-5,8-9,18H2,1H3. The van der Waals surface area contributed by atoms with Crippen LogP contribution in [-0.4, -0.2) is 11.0 Å². The van der Waals surface area contributed by atoms with Crippen LogP contribution in [0.2, 0.25) is 0 Å². The lowest BCUT2D eigenvalue weighted by Crippen LogP contribution is -2.31. The first kappa shape index (κ1) is 11.5. The van der Waals surface area contributed by atoms with Crippen molar-refractivity contribution >= 4 is 10.9 Å². The van der Waals surface area contributed by atoms with Crippen LogP contribution < -0.4 is 5.73 Å². The molecule has 1 aromatic carbocycles. The first-order valence-corrected chi connectivity index (χ1v) is 7.60. The van der Waals surface area contributed by atoms with Crippen molar-refractivity contribution in [3.8, 4) is 0 Å². The van der Waals surface area contributed by atoms with Crippen molar-refractivity contribution in [2.24, 2.45) is 5.73 Å². The van der Waals surface area contributed by atoms with Gasteiger partial charge in [0.2, 0.25) is 0 Å². The summed E-state index contributed by atoms with van der Waals surface area (Å²) in [4.78, 5) is 3.61. The molecule has 0 bridgehead atoms. The lowest BCUT2D eigenvalue weighted by Gasteiger charge is -2.20. The Morgan fingerprint density at radius 2 is 2.00 bits per heavy atom. The highest BCUT2D eigenvalue weighted by atomic mass is 14.7. The highest BCUT2D eigenvalue weighted by Crippen LogP contribution is 2.51. The molecule has 2 aliphatic carbocycles. The predicted molar refractivity (Wildman–Crippen MR) is 79.5 cm³/mol. The monoisotopic (exact) mass is 254 g/mol. The third-order valence-electron chi connectivity index (χ3n) is 5.33. The van der Waals surface area contributed by atoms with Crippen molar-refractivity contribution < 1.29 is 0 Å². The first-order valence-electron chi connectivity index (χ1n) is 7.60. The van der Waals surface area contributed by atoms with E-state index in [0.717, 1.165) is 0 Å². The van der Waals surface area contributed by atoms with Crippen molar-refractivity contribution in [3.63, 3.8) is 0 Å². The summed E-state index contributed by atoms with van der Waals surface area (Å²) in [5.74, 6) is 0. The molecule has 0 spiro atoms. The molecule has 1 aromatic heterocycles. The number of hydrogen-bond acceptors (Lipinski definition) is 1. The molecule has 2 nitrogen and oxygen atoms in total. The Labute approximate surface area is 114 Å². The Balaban J connectivity index is 1.87. The molecule has 100 valence electrons. The van der Waals surface area contributed by atoms with Gasteiger partial charge in [0.1, 0.15) is 0 Å². The number of H-pyrrole nitrogens is 1. The van der Waals surface area contributed by atoms with Gasteiger partial charge in [-0.15, -0.1) is 0 Å². The smallest absolute Gasteiger partial charge is 0.0459 e. The van der Waals surface area contributed by atoms with Crippen LogP contribution in [-0.2, 0) is 18.3 Å². The van der Waals surface area contributed by atoms with Crippen LogP contribution >= 0.6 is 0 Å². The molecule has 0 radical (unpaired) electrons. The lowest BCUT2D eigenvalue weighted by atomic mass is 9.87. The zero-order chi connectivity index (χ0) is 13.0. The van der Waals surface area contributed by atoms with E-state index in [4.69, 9.17) is 5.73 Å². The molecular formula is C17H22N2. The highest BCUT2D eigenvalue weighted by molar-refractivity contribution is 5.86. The van der Waals surface area contributed by atoms with E-state index in [1.165, 1.54) is 60.7 Å². The summed E-state index contributed by atoms with van der Waals surface area (Å²) in [5.41, 5.74) is 12.3. The lowest BCUT2D eigenvalue weighted by molar-refractivity contribution is 0.557. The summed E-state index contributed by atoms with van der Waals surface area (Å²) >= 11 is 0. The van der Waals surface area contributed by atoms with Crippen LogP contribution in [0.15, 0.2) is 18.2 Å². The molecule has 2 aliphatic rings. The fraction of sp³-hybridized carbons (Fsp3) is 0.529. The Hall–Kier alpha value is -1.28. The molecule has 0 amide bonds. The molecule has 1 fully saturated rings. The number of benzene rings is 1. The van der Waals surface area contributed by atoms with Gasteiger partial charge in [-0.25, -0.2) is 0 Å². The molecule has 0 saturated heterocycles. The van der Waals surface area contributed by atoms with Crippen molar-refractivity contribution in [1.29, 1.82) is 0 Å². The molecule has 1 unspecified atom stereocenters. The Morgan fingerprint density at radius 3 is 2.74 bits per heavy atom. The summed E-state index contributed by atoms with van der Waals surface area (Å²) in [6.45, 7) is 2.16. The summed E-state index contributed by atoms with van der Waals surface area (Å²) in [7, 11) is 0. The van der Waals surface area contributed by atoms with Crippen LogP contribution in [0.25, 0.3) is 10.9 Å². The van der Waals surface area contributed by atoms with E-state index < -0.39 is 0 Å². The van der Waals surface area contributed by atoms with Gasteiger partial charge in [-0.1, -0.05) is 6.07 Å². The van der Waals surface area contributed by atoms with Gasteiger partial charge in [-0.2, -0.15) is 0 Å². The zero-order valence-corrected chi connectivity index (χ0v) is 11.6. The van der Waals surface area contributed by atoms with Gasteiger partial charge in [0, 0.05) is 28.1 Å². The van der Waals surface area contributed by atoms with Crippen molar-refractivity contribution in [3.05, 3.63) is 35.0 Å². The highest BCUT2D eigenvalue weighted by Gasteiger charge is 2.47. The third-order valence-corrected chi connectivity index (χ3v) is 5.33. The summed E-state index contributed by atoms with van der Waals surface area (Å²) < 4.78 is 0. The number of aryl methyl sites for hydroxylation is 2. The van der Waals surface area contributed by atoms with E-state index >= 15 is 0 Å². The SMILES string of the molecule is CC(N)C1(c2ccc3[nH]c4c(c3c2)CCCC4)CC1. The molecule has 1 atom stereocenters. The Bertz CT molecular complexity index is 632. The predicted octanol–water partition coefficient (Wildman–Crippen LogP) is 3.43. The van der Waals surface area contributed by atoms with Crippen molar-refractivity contribution in [2.45, 2.75) is 56.9 Å². The Morgan fingerprint density at radius 1 is 1.21 bits per heavy atom. The molecule has 4 rings (SSSR count). The Kier molecular flexibility index (Phi) is 2.34. The minimum Gasteiger partial charge on any atom is -0.358 e. The molecule has 2 heteroatoms. The quantitative estimate of drug-likeness (QED) is 0.847. The van der Waals surface area contributed by atoms with Gasteiger partial charge in [-0.3, -0.25) is 0 Å². The summed E-state index contributed by atoms with van der Waals surface area (Å²) in [5, 5.41) is 1.46.